The summed E-state index contributed by atoms with van der Waals surface area (Å²) in [6.45, 7) is 6.22. The summed E-state index contributed by atoms with van der Waals surface area (Å²) >= 11 is 7.41. The van der Waals surface area contributed by atoms with E-state index in [0.717, 1.165) is 22.7 Å². The van der Waals surface area contributed by atoms with E-state index in [4.69, 9.17) is 11.6 Å². The number of aliphatic imine (C=N–C) groups is 1. The Bertz CT molecular complexity index is 592. The minimum Gasteiger partial charge on any atom is -0.306 e. The van der Waals surface area contributed by atoms with Gasteiger partial charge in [-0.25, -0.2) is 10.3 Å². The van der Waals surface area contributed by atoms with E-state index in [-0.39, 0.29) is 18.5 Å². The zero-order valence-electron chi connectivity index (χ0n) is 12.2. The fourth-order valence-electron chi connectivity index (χ4n) is 1.78. The molecule has 1 radical (unpaired) electrons. The smallest absolute Gasteiger partial charge is 0.240 e. The molecule has 0 saturated carbocycles. The van der Waals surface area contributed by atoms with Crippen molar-refractivity contribution in [3.8, 4) is 0 Å². The van der Waals surface area contributed by atoms with Crippen LogP contribution in [0.1, 0.15) is 32.1 Å². The van der Waals surface area contributed by atoms with Crippen molar-refractivity contribution in [2.75, 3.05) is 6.54 Å². The summed E-state index contributed by atoms with van der Waals surface area (Å²) < 4.78 is 0.710. The highest BCUT2D eigenvalue weighted by Gasteiger charge is 2.21. The lowest BCUT2D eigenvalue weighted by molar-refractivity contribution is -0.119. The molecule has 113 valence electrons. The first-order chi connectivity index (χ1) is 9.99. The third-order valence-electron chi connectivity index (χ3n) is 2.80. The summed E-state index contributed by atoms with van der Waals surface area (Å²) in [5.74, 6) is 0.203. The van der Waals surface area contributed by atoms with Crippen LogP contribution in [0, 0.1) is 0 Å². The highest BCUT2D eigenvalue weighted by molar-refractivity contribution is 7.17. The van der Waals surface area contributed by atoms with Gasteiger partial charge < -0.3 is 5.32 Å². The van der Waals surface area contributed by atoms with Gasteiger partial charge in [-0.1, -0.05) is 32.4 Å². The number of nitrogens with one attached hydrogen (secondary N) is 2. The van der Waals surface area contributed by atoms with Crippen LogP contribution in [0.2, 0.25) is 4.34 Å². The summed E-state index contributed by atoms with van der Waals surface area (Å²) in [7, 11) is 0. The number of nitrogens with zero attached hydrogens (tertiary/aromatic N) is 2. The summed E-state index contributed by atoms with van der Waals surface area (Å²) in [6.07, 6.45) is 0.748. The summed E-state index contributed by atoms with van der Waals surface area (Å²) in [5, 5.41) is 10.1. The van der Waals surface area contributed by atoms with Gasteiger partial charge in [0.1, 0.15) is 5.70 Å². The van der Waals surface area contributed by atoms with Gasteiger partial charge in [-0.3, -0.25) is 10.1 Å². The van der Waals surface area contributed by atoms with Gasteiger partial charge in [-0.2, -0.15) is 0 Å². The molecule has 0 bridgehead atoms. The van der Waals surface area contributed by atoms with Gasteiger partial charge in [0.2, 0.25) is 11.9 Å². The number of halogens is 1. The SMILES string of the molecule is CCC1=C(c2ccc(Cl)s2)N=C(NC(=O)CNC(C)C)[N]1. The van der Waals surface area contributed by atoms with Gasteiger partial charge in [0.25, 0.3) is 0 Å². The first-order valence-electron chi connectivity index (χ1n) is 6.82. The van der Waals surface area contributed by atoms with Crippen molar-refractivity contribution in [1.29, 1.82) is 0 Å². The van der Waals surface area contributed by atoms with Crippen LogP contribution < -0.4 is 16.0 Å². The van der Waals surface area contributed by atoms with E-state index >= 15 is 0 Å². The minimum absolute atomic E-state index is 0.146. The van der Waals surface area contributed by atoms with E-state index in [1.807, 2.05) is 32.9 Å². The Balaban J connectivity index is 2.03. The third-order valence-corrected chi connectivity index (χ3v) is 4.03. The van der Waals surface area contributed by atoms with Gasteiger partial charge in [0, 0.05) is 6.04 Å². The average Bonchev–Trinajstić information content (AvgIpc) is 3.02. The van der Waals surface area contributed by atoms with Crippen molar-refractivity contribution < 1.29 is 4.79 Å². The quantitative estimate of drug-likeness (QED) is 0.873. The number of rotatable bonds is 5. The normalized spacial score (nSPS) is 14.4. The Hall–Kier alpha value is -1.37. The fourth-order valence-corrected chi connectivity index (χ4v) is 2.84. The molecule has 2 heterocycles. The Labute approximate surface area is 133 Å². The van der Waals surface area contributed by atoms with Crippen LogP contribution in [0.15, 0.2) is 22.8 Å². The fraction of sp³-hybridized carbons (Fsp3) is 0.429. The monoisotopic (exact) mass is 325 g/mol. The minimum atomic E-state index is -0.146. The predicted molar refractivity (Wildman–Crippen MR) is 87.4 cm³/mol. The van der Waals surface area contributed by atoms with Crippen LogP contribution in [0.25, 0.3) is 5.70 Å². The van der Waals surface area contributed by atoms with Gasteiger partial charge in [-0.15, -0.1) is 11.3 Å². The molecule has 5 nitrogen and oxygen atoms in total. The van der Waals surface area contributed by atoms with Crippen LogP contribution in [-0.2, 0) is 4.79 Å². The molecule has 0 saturated heterocycles. The molecule has 1 aliphatic rings. The average molecular weight is 326 g/mol. The van der Waals surface area contributed by atoms with Crippen molar-refractivity contribution in [2.24, 2.45) is 4.99 Å². The maximum Gasteiger partial charge on any atom is 0.240 e. The number of guanidine groups is 1. The molecule has 1 aliphatic heterocycles. The van der Waals surface area contributed by atoms with Crippen molar-refractivity contribution >= 4 is 40.5 Å². The number of carbonyl (C=O) groups is 1. The van der Waals surface area contributed by atoms with E-state index in [2.05, 4.69) is 20.9 Å². The number of carbonyl (C=O) groups excluding carboxylic acids is 1. The second kappa shape index (κ2) is 7.06. The second-order valence-electron chi connectivity index (χ2n) is 4.88. The first-order valence-corrected chi connectivity index (χ1v) is 8.01. The molecule has 2 N–H and O–H groups in total. The molecule has 0 aliphatic carbocycles. The van der Waals surface area contributed by atoms with Crippen LogP contribution in [0.4, 0.5) is 0 Å². The molecule has 2 rings (SSSR count). The zero-order chi connectivity index (χ0) is 15.4. The maximum atomic E-state index is 11.8. The standard InChI is InChI=1S/C14H18ClN4OS/c1-4-9-13(10-5-6-11(15)21-10)19-14(17-9)18-12(20)7-16-8(2)3/h5-6,8,16H,4,7H2,1-3H3,(H,18,19,20). The van der Waals surface area contributed by atoms with Crippen molar-refractivity contribution in [3.05, 3.63) is 27.0 Å². The molecule has 7 heteroatoms. The van der Waals surface area contributed by atoms with Gasteiger partial charge in [0.15, 0.2) is 0 Å². The van der Waals surface area contributed by atoms with E-state index < -0.39 is 0 Å². The number of allylic oxidation sites excluding steroid dienone is 1. The highest BCUT2D eigenvalue weighted by atomic mass is 35.5. The van der Waals surface area contributed by atoms with E-state index in [1.165, 1.54) is 11.3 Å². The van der Waals surface area contributed by atoms with Crippen molar-refractivity contribution in [3.63, 3.8) is 0 Å². The number of hydrogen-bond donors (Lipinski definition) is 2. The van der Waals surface area contributed by atoms with Crippen molar-refractivity contribution in [2.45, 2.75) is 33.2 Å². The van der Waals surface area contributed by atoms with Crippen molar-refractivity contribution in [1.82, 2.24) is 16.0 Å². The Morgan fingerprint density at radius 2 is 2.19 bits per heavy atom. The molecule has 1 amide bonds. The molecule has 0 spiro atoms. The lowest BCUT2D eigenvalue weighted by Crippen LogP contribution is -2.41. The molecular formula is C14H18ClN4OS. The highest BCUT2D eigenvalue weighted by Crippen LogP contribution is 2.32. The van der Waals surface area contributed by atoms with Gasteiger partial charge in [-0.05, 0) is 18.6 Å². The zero-order valence-corrected chi connectivity index (χ0v) is 13.8. The number of amides is 1. The van der Waals surface area contributed by atoms with Crippen LogP contribution in [-0.4, -0.2) is 24.5 Å². The van der Waals surface area contributed by atoms with E-state index in [1.54, 1.807) is 0 Å². The first kappa shape index (κ1) is 16.0. The summed E-state index contributed by atoms with van der Waals surface area (Å²) in [5.41, 5.74) is 1.65. The van der Waals surface area contributed by atoms with Crippen LogP contribution in [0.3, 0.4) is 0 Å². The van der Waals surface area contributed by atoms with Crippen LogP contribution in [0.5, 0.6) is 0 Å². The molecule has 0 fully saturated rings. The lowest BCUT2D eigenvalue weighted by atomic mass is 10.2. The predicted octanol–water partition coefficient (Wildman–Crippen LogP) is 2.57. The molecule has 0 unspecified atom stereocenters. The van der Waals surface area contributed by atoms with E-state index in [9.17, 15) is 4.79 Å². The molecule has 0 atom stereocenters. The topological polar surface area (TPSA) is 67.6 Å². The molecular weight excluding hydrogens is 308 g/mol. The number of thiophene rings is 1. The largest absolute Gasteiger partial charge is 0.306 e. The van der Waals surface area contributed by atoms with Gasteiger partial charge >= 0.3 is 0 Å². The number of hydrogen-bond acceptors (Lipinski definition) is 4. The summed E-state index contributed by atoms with van der Waals surface area (Å²) in [4.78, 5) is 17.2. The molecule has 1 aromatic rings. The second-order valence-corrected chi connectivity index (χ2v) is 6.60. The Kier molecular flexibility index (Phi) is 5.39. The van der Waals surface area contributed by atoms with Gasteiger partial charge in [0.05, 0.1) is 21.5 Å². The van der Waals surface area contributed by atoms with Crippen LogP contribution >= 0.6 is 22.9 Å². The third kappa shape index (κ3) is 4.30. The summed E-state index contributed by atoms with van der Waals surface area (Å²) in [6, 6.07) is 4.01. The molecule has 1 aromatic heterocycles. The maximum absolute atomic E-state index is 11.8. The lowest BCUT2D eigenvalue weighted by Gasteiger charge is -2.08. The Morgan fingerprint density at radius 1 is 1.43 bits per heavy atom. The molecule has 0 aromatic carbocycles. The Morgan fingerprint density at radius 3 is 2.76 bits per heavy atom. The van der Waals surface area contributed by atoms with E-state index in [0.29, 0.717) is 10.3 Å². The molecule has 21 heavy (non-hydrogen) atoms.